The van der Waals surface area contributed by atoms with Gasteiger partial charge in [0, 0.05) is 30.4 Å². The molecule has 0 spiro atoms. The number of hydrogen-bond acceptors (Lipinski definition) is 4. The zero-order chi connectivity index (χ0) is 11.5. The minimum atomic E-state index is -0.356. The highest BCUT2D eigenvalue weighted by molar-refractivity contribution is 5.54. The molecule has 1 aromatic carbocycles. The lowest BCUT2D eigenvalue weighted by Crippen LogP contribution is -2.22. The molecule has 0 radical (unpaired) electrons. The van der Waals surface area contributed by atoms with E-state index in [0.29, 0.717) is 6.04 Å². The van der Waals surface area contributed by atoms with E-state index >= 15 is 0 Å². The predicted octanol–water partition coefficient (Wildman–Crippen LogP) is 1.68. The summed E-state index contributed by atoms with van der Waals surface area (Å²) in [4.78, 5) is 10.4. The van der Waals surface area contributed by atoms with Crippen molar-refractivity contribution in [3.8, 4) is 0 Å². The van der Waals surface area contributed by atoms with Crippen LogP contribution >= 0.6 is 0 Å². The third-order valence-corrected chi connectivity index (χ3v) is 2.70. The number of nitro groups is 1. The second-order valence-electron chi connectivity index (χ2n) is 4.15. The normalized spacial score (nSPS) is 19.7. The minimum Gasteiger partial charge on any atom is -0.381 e. The van der Waals surface area contributed by atoms with Crippen molar-refractivity contribution in [3.63, 3.8) is 0 Å². The van der Waals surface area contributed by atoms with E-state index in [1.165, 1.54) is 0 Å². The Labute approximate surface area is 94.0 Å². The molecular formula is C11H15N3O2. The third-order valence-electron chi connectivity index (χ3n) is 2.70. The highest BCUT2D eigenvalue weighted by atomic mass is 16.6. The van der Waals surface area contributed by atoms with Gasteiger partial charge in [-0.3, -0.25) is 10.1 Å². The zero-order valence-corrected chi connectivity index (χ0v) is 9.19. The summed E-state index contributed by atoms with van der Waals surface area (Å²) in [7, 11) is 0. The standard InChI is InChI=1S/C11H15N3O2/c1-8-4-10(6-11(5-8)14(15)16)13-9-2-3-12-7-9/h4-6,9,12-13H,2-3,7H2,1H3. The summed E-state index contributed by atoms with van der Waals surface area (Å²) >= 11 is 0. The van der Waals surface area contributed by atoms with Gasteiger partial charge in [0.25, 0.3) is 5.69 Å². The van der Waals surface area contributed by atoms with Crippen molar-refractivity contribution in [1.82, 2.24) is 5.32 Å². The predicted molar refractivity (Wildman–Crippen MR) is 62.7 cm³/mol. The van der Waals surface area contributed by atoms with Gasteiger partial charge in [0.05, 0.1) is 4.92 Å². The molecule has 0 bridgehead atoms. The number of nitrogens with zero attached hydrogens (tertiary/aromatic N) is 1. The topological polar surface area (TPSA) is 67.2 Å². The molecule has 2 N–H and O–H groups in total. The molecule has 0 amide bonds. The molecular weight excluding hydrogens is 206 g/mol. The van der Waals surface area contributed by atoms with Crippen LogP contribution in [0.5, 0.6) is 0 Å². The summed E-state index contributed by atoms with van der Waals surface area (Å²) in [5, 5.41) is 17.3. The van der Waals surface area contributed by atoms with Crippen molar-refractivity contribution in [1.29, 1.82) is 0 Å². The van der Waals surface area contributed by atoms with Crippen LogP contribution in [0.4, 0.5) is 11.4 Å². The Hall–Kier alpha value is -1.62. The number of benzene rings is 1. The first-order valence-corrected chi connectivity index (χ1v) is 5.38. The molecule has 1 heterocycles. The van der Waals surface area contributed by atoms with Gasteiger partial charge in [0.1, 0.15) is 0 Å². The van der Waals surface area contributed by atoms with Crippen LogP contribution in [0.3, 0.4) is 0 Å². The molecule has 5 nitrogen and oxygen atoms in total. The smallest absolute Gasteiger partial charge is 0.271 e. The quantitative estimate of drug-likeness (QED) is 0.602. The van der Waals surface area contributed by atoms with Crippen LogP contribution in [0.1, 0.15) is 12.0 Å². The molecule has 0 saturated carbocycles. The molecule has 1 aliphatic heterocycles. The number of nitrogens with one attached hydrogen (secondary N) is 2. The molecule has 16 heavy (non-hydrogen) atoms. The fraction of sp³-hybridized carbons (Fsp3) is 0.455. The lowest BCUT2D eigenvalue weighted by atomic mass is 10.1. The van der Waals surface area contributed by atoms with Crippen LogP contribution in [-0.4, -0.2) is 24.1 Å². The van der Waals surface area contributed by atoms with Gasteiger partial charge >= 0.3 is 0 Å². The van der Waals surface area contributed by atoms with Gasteiger partial charge < -0.3 is 10.6 Å². The largest absolute Gasteiger partial charge is 0.381 e. The fourth-order valence-corrected chi connectivity index (χ4v) is 1.97. The van der Waals surface area contributed by atoms with Gasteiger partial charge in [0.15, 0.2) is 0 Å². The van der Waals surface area contributed by atoms with Crippen molar-refractivity contribution >= 4 is 11.4 Å². The van der Waals surface area contributed by atoms with E-state index in [9.17, 15) is 10.1 Å². The van der Waals surface area contributed by atoms with Crippen molar-refractivity contribution in [2.24, 2.45) is 0 Å². The molecule has 1 saturated heterocycles. The van der Waals surface area contributed by atoms with E-state index in [1.54, 1.807) is 12.1 Å². The number of aryl methyl sites for hydroxylation is 1. The van der Waals surface area contributed by atoms with E-state index in [-0.39, 0.29) is 10.6 Å². The molecule has 86 valence electrons. The second-order valence-corrected chi connectivity index (χ2v) is 4.15. The van der Waals surface area contributed by atoms with E-state index in [2.05, 4.69) is 10.6 Å². The average molecular weight is 221 g/mol. The molecule has 5 heteroatoms. The lowest BCUT2D eigenvalue weighted by molar-refractivity contribution is -0.384. The van der Waals surface area contributed by atoms with Gasteiger partial charge in [-0.25, -0.2) is 0 Å². The number of hydrogen-bond donors (Lipinski definition) is 2. The average Bonchev–Trinajstić information content (AvgIpc) is 2.69. The summed E-state index contributed by atoms with van der Waals surface area (Å²) in [5.41, 5.74) is 1.89. The van der Waals surface area contributed by atoms with Gasteiger partial charge in [-0.15, -0.1) is 0 Å². The maximum absolute atomic E-state index is 10.7. The lowest BCUT2D eigenvalue weighted by Gasteiger charge is -2.13. The Kier molecular flexibility index (Phi) is 3.05. The van der Waals surface area contributed by atoms with Crippen molar-refractivity contribution in [2.75, 3.05) is 18.4 Å². The van der Waals surface area contributed by atoms with E-state index in [4.69, 9.17) is 0 Å². The van der Waals surface area contributed by atoms with Crippen LogP contribution in [-0.2, 0) is 0 Å². The molecule has 1 aliphatic rings. The van der Waals surface area contributed by atoms with Crippen LogP contribution in [0.2, 0.25) is 0 Å². The van der Waals surface area contributed by atoms with Crippen molar-refractivity contribution in [2.45, 2.75) is 19.4 Å². The Morgan fingerprint density at radius 2 is 2.31 bits per heavy atom. The van der Waals surface area contributed by atoms with Gasteiger partial charge in [0.2, 0.25) is 0 Å². The zero-order valence-electron chi connectivity index (χ0n) is 9.19. The highest BCUT2D eigenvalue weighted by Gasteiger charge is 2.15. The van der Waals surface area contributed by atoms with Crippen LogP contribution in [0.15, 0.2) is 18.2 Å². The second kappa shape index (κ2) is 4.49. The van der Waals surface area contributed by atoms with E-state index in [0.717, 1.165) is 30.8 Å². The summed E-state index contributed by atoms with van der Waals surface area (Å²) in [6, 6.07) is 5.48. The molecule has 2 rings (SSSR count). The van der Waals surface area contributed by atoms with Crippen LogP contribution in [0, 0.1) is 17.0 Å². The Balaban J connectivity index is 2.16. The summed E-state index contributed by atoms with van der Waals surface area (Å²) in [5.74, 6) is 0. The first-order valence-electron chi connectivity index (χ1n) is 5.38. The summed E-state index contributed by atoms with van der Waals surface area (Å²) < 4.78 is 0. The first kappa shape index (κ1) is 10.9. The van der Waals surface area contributed by atoms with E-state index < -0.39 is 0 Å². The molecule has 0 aliphatic carbocycles. The van der Waals surface area contributed by atoms with Crippen LogP contribution < -0.4 is 10.6 Å². The van der Waals surface area contributed by atoms with Crippen molar-refractivity contribution in [3.05, 3.63) is 33.9 Å². The number of rotatable bonds is 3. The maximum Gasteiger partial charge on any atom is 0.271 e. The molecule has 0 aromatic heterocycles. The Morgan fingerprint density at radius 3 is 2.94 bits per heavy atom. The number of anilines is 1. The summed E-state index contributed by atoms with van der Waals surface area (Å²) in [6.45, 7) is 3.79. The number of nitro benzene ring substituents is 1. The van der Waals surface area contributed by atoms with Gasteiger partial charge in [-0.2, -0.15) is 0 Å². The van der Waals surface area contributed by atoms with Crippen LogP contribution in [0.25, 0.3) is 0 Å². The Bertz CT molecular complexity index is 400. The van der Waals surface area contributed by atoms with Crippen molar-refractivity contribution < 1.29 is 4.92 Å². The molecule has 1 atom stereocenters. The molecule has 1 fully saturated rings. The molecule has 1 unspecified atom stereocenters. The maximum atomic E-state index is 10.7. The fourth-order valence-electron chi connectivity index (χ4n) is 1.97. The molecule has 1 aromatic rings. The van der Waals surface area contributed by atoms with E-state index in [1.807, 2.05) is 13.0 Å². The monoisotopic (exact) mass is 221 g/mol. The minimum absolute atomic E-state index is 0.147. The third kappa shape index (κ3) is 2.49. The first-order chi connectivity index (χ1) is 7.65. The highest BCUT2D eigenvalue weighted by Crippen LogP contribution is 2.21. The Morgan fingerprint density at radius 1 is 1.50 bits per heavy atom. The van der Waals surface area contributed by atoms with Gasteiger partial charge in [-0.05, 0) is 31.5 Å². The number of non-ortho nitro benzene ring substituents is 1. The summed E-state index contributed by atoms with van der Waals surface area (Å²) in [6.07, 6.45) is 1.06. The van der Waals surface area contributed by atoms with Gasteiger partial charge in [-0.1, -0.05) is 0 Å². The SMILES string of the molecule is Cc1cc(NC2CCNC2)cc([N+](=O)[O-])c1.